The zero-order valence-corrected chi connectivity index (χ0v) is 10.5. The third-order valence-electron chi connectivity index (χ3n) is 2.54. The number of ether oxygens (including phenoxy) is 1. The van der Waals surface area contributed by atoms with Crippen LogP contribution in [0.25, 0.3) is 0 Å². The first kappa shape index (κ1) is 12.8. The van der Waals surface area contributed by atoms with Gasteiger partial charge in [0.1, 0.15) is 5.75 Å². The number of methoxy groups -OCH3 is 1. The van der Waals surface area contributed by atoms with Crippen molar-refractivity contribution >= 4 is 17.0 Å². The molecule has 0 aliphatic rings. The molecule has 1 amide bonds. The molecule has 1 aromatic rings. The van der Waals surface area contributed by atoms with Crippen molar-refractivity contribution in [2.24, 2.45) is 0 Å². The van der Waals surface area contributed by atoms with Crippen LogP contribution in [0.3, 0.4) is 0 Å². The standard InChI is InChI=1S/C12H16ClNO2/c1-12(2,8-14-11(13)15)9-4-6-10(16-3)7-5-9/h4-7H,8H2,1-3H3,(H,14,15). The number of carbonyl (C=O) groups is 1. The Bertz CT molecular complexity index is 360. The van der Waals surface area contributed by atoms with Crippen molar-refractivity contribution in [3.05, 3.63) is 29.8 Å². The van der Waals surface area contributed by atoms with Gasteiger partial charge in [-0.1, -0.05) is 26.0 Å². The van der Waals surface area contributed by atoms with Gasteiger partial charge in [-0.3, -0.25) is 4.79 Å². The van der Waals surface area contributed by atoms with Gasteiger partial charge in [-0.15, -0.1) is 0 Å². The van der Waals surface area contributed by atoms with E-state index in [0.717, 1.165) is 11.3 Å². The molecule has 3 nitrogen and oxygen atoms in total. The van der Waals surface area contributed by atoms with E-state index < -0.39 is 5.37 Å². The molecule has 0 bridgehead atoms. The maximum Gasteiger partial charge on any atom is 0.313 e. The van der Waals surface area contributed by atoms with Gasteiger partial charge in [-0.25, -0.2) is 0 Å². The molecule has 0 atom stereocenters. The van der Waals surface area contributed by atoms with Crippen LogP contribution in [0.5, 0.6) is 5.75 Å². The van der Waals surface area contributed by atoms with Gasteiger partial charge in [-0.05, 0) is 29.3 Å². The highest BCUT2D eigenvalue weighted by atomic mass is 35.5. The van der Waals surface area contributed by atoms with E-state index in [0.29, 0.717) is 6.54 Å². The summed E-state index contributed by atoms with van der Waals surface area (Å²) in [6.07, 6.45) is 0. The van der Waals surface area contributed by atoms with Crippen LogP contribution in [0, 0.1) is 0 Å². The first-order valence-electron chi connectivity index (χ1n) is 5.03. The first-order valence-corrected chi connectivity index (χ1v) is 5.41. The third-order valence-corrected chi connectivity index (χ3v) is 2.67. The van der Waals surface area contributed by atoms with E-state index >= 15 is 0 Å². The average molecular weight is 242 g/mol. The summed E-state index contributed by atoms with van der Waals surface area (Å²) in [6.45, 7) is 4.59. The Balaban J connectivity index is 2.76. The van der Waals surface area contributed by atoms with Gasteiger partial charge in [0.2, 0.25) is 0 Å². The minimum absolute atomic E-state index is 0.156. The highest BCUT2D eigenvalue weighted by molar-refractivity contribution is 6.62. The van der Waals surface area contributed by atoms with Crippen molar-refractivity contribution < 1.29 is 9.53 Å². The van der Waals surface area contributed by atoms with Crippen molar-refractivity contribution in [2.75, 3.05) is 13.7 Å². The molecule has 1 rings (SSSR count). The largest absolute Gasteiger partial charge is 0.497 e. The van der Waals surface area contributed by atoms with Crippen LogP contribution >= 0.6 is 11.6 Å². The molecule has 4 heteroatoms. The molecule has 0 aliphatic heterocycles. The van der Waals surface area contributed by atoms with E-state index in [1.54, 1.807) is 7.11 Å². The fourth-order valence-electron chi connectivity index (χ4n) is 1.43. The quantitative estimate of drug-likeness (QED) is 0.650. The lowest BCUT2D eigenvalue weighted by atomic mass is 9.84. The Morgan fingerprint density at radius 3 is 2.38 bits per heavy atom. The Labute approximate surface area is 101 Å². The molecule has 0 fully saturated rings. The Hall–Kier alpha value is -1.22. The van der Waals surface area contributed by atoms with Gasteiger partial charge in [0, 0.05) is 12.0 Å². The number of hydrogen-bond acceptors (Lipinski definition) is 2. The van der Waals surface area contributed by atoms with Crippen molar-refractivity contribution in [1.82, 2.24) is 5.32 Å². The summed E-state index contributed by atoms with van der Waals surface area (Å²) in [7, 11) is 1.63. The molecule has 1 N–H and O–H groups in total. The van der Waals surface area contributed by atoms with Gasteiger partial charge in [0.05, 0.1) is 7.11 Å². The van der Waals surface area contributed by atoms with E-state index in [1.807, 2.05) is 38.1 Å². The molecule has 0 aromatic heterocycles. The van der Waals surface area contributed by atoms with Gasteiger partial charge in [-0.2, -0.15) is 0 Å². The Kier molecular flexibility index (Phi) is 4.19. The molecule has 1 aromatic carbocycles. The third kappa shape index (κ3) is 3.42. The summed E-state index contributed by atoms with van der Waals surface area (Å²) in [6, 6.07) is 7.78. The summed E-state index contributed by atoms with van der Waals surface area (Å²) in [5.74, 6) is 0.820. The Morgan fingerprint density at radius 2 is 1.94 bits per heavy atom. The number of amides is 1. The monoisotopic (exact) mass is 241 g/mol. The number of carbonyl (C=O) groups excluding carboxylic acids is 1. The van der Waals surface area contributed by atoms with E-state index in [1.165, 1.54) is 0 Å². The zero-order valence-electron chi connectivity index (χ0n) is 9.71. The van der Waals surface area contributed by atoms with Crippen LogP contribution in [0.15, 0.2) is 24.3 Å². The highest BCUT2D eigenvalue weighted by Gasteiger charge is 2.20. The normalized spacial score (nSPS) is 11.0. The summed E-state index contributed by atoms with van der Waals surface area (Å²) in [5, 5.41) is 2.08. The van der Waals surface area contributed by atoms with E-state index in [-0.39, 0.29) is 5.41 Å². The molecule has 0 unspecified atom stereocenters. The number of hydrogen-bond donors (Lipinski definition) is 1. The molecule has 0 heterocycles. The maximum absolute atomic E-state index is 10.7. The molecule has 0 spiro atoms. The zero-order chi connectivity index (χ0) is 12.2. The first-order chi connectivity index (χ1) is 7.45. The average Bonchev–Trinajstić information content (AvgIpc) is 2.27. The van der Waals surface area contributed by atoms with E-state index in [9.17, 15) is 4.79 Å². The fourth-order valence-corrected chi connectivity index (χ4v) is 1.50. The molecule has 0 aliphatic carbocycles. The van der Waals surface area contributed by atoms with Crippen molar-refractivity contribution in [3.63, 3.8) is 0 Å². The predicted octanol–water partition coefficient (Wildman–Crippen LogP) is 2.92. The van der Waals surface area contributed by atoms with E-state index in [4.69, 9.17) is 16.3 Å². The predicted molar refractivity (Wildman–Crippen MR) is 65.3 cm³/mol. The fraction of sp³-hybridized carbons (Fsp3) is 0.417. The second-order valence-corrected chi connectivity index (χ2v) is 4.58. The molecule has 88 valence electrons. The number of nitrogens with one attached hydrogen (secondary N) is 1. The van der Waals surface area contributed by atoms with Crippen LogP contribution in [0.4, 0.5) is 4.79 Å². The second-order valence-electron chi connectivity index (χ2n) is 4.24. The van der Waals surface area contributed by atoms with Gasteiger partial charge >= 0.3 is 5.37 Å². The lowest BCUT2D eigenvalue weighted by Gasteiger charge is -2.25. The molecular formula is C12H16ClNO2. The van der Waals surface area contributed by atoms with Gasteiger partial charge < -0.3 is 10.1 Å². The van der Waals surface area contributed by atoms with Crippen LogP contribution in [0.1, 0.15) is 19.4 Å². The summed E-state index contributed by atoms with van der Waals surface area (Å²) in [4.78, 5) is 10.7. The van der Waals surface area contributed by atoms with E-state index in [2.05, 4.69) is 5.32 Å². The lowest BCUT2D eigenvalue weighted by molar-refractivity contribution is 0.257. The second kappa shape index (κ2) is 5.21. The van der Waals surface area contributed by atoms with Crippen LogP contribution in [-0.4, -0.2) is 19.0 Å². The SMILES string of the molecule is COc1ccc(C(C)(C)CNC(=O)Cl)cc1. The topological polar surface area (TPSA) is 38.3 Å². The van der Waals surface area contributed by atoms with Gasteiger partial charge in [0.25, 0.3) is 0 Å². The summed E-state index contributed by atoms with van der Waals surface area (Å²) < 4.78 is 5.09. The molecular weight excluding hydrogens is 226 g/mol. The minimum Gasteiger partial charge on any atom is -0.497 e. The molecule has 0 saturated heterocycles. The summed E-state index contributed by atoms with van der Waals surface area (Å²) in [5.41, 5.74) is 0.968. The number of halogens is 1. The Morgan fingerprint density at radius 1 is 1.38 bits per heavy atom. The summed E-state index contributed by atoms with van der Waals surface area (Å²) >= 11 is 5.25. The lowest BCUT2D eigenvalue weighted by Crippen LogP contribution is -2.34. The van der Waals surface area contributed by atoms with Crippen LogP contribution < -0.4 is 10.1 Å². The number of rotatable bonds is 4. The van der Waals surface area contributed by atoms with Gasteiger partial charge in [0.15, 0.2) is 0 Å². The molecule has 0 saturated carbocycles. The van der Waals surface area contributed by atoms with Crippen molar-refractivity contribution in [2.45, 2.75) is 19.3 Å². The van der Waals surface area contributed by atoms with Crippen LogP contribution in [0.2, 0.25) is 0 Å². The smallest absolute Gasteiger partial charge is 0.313 e. The molecule has 0 radical (unpaired) electrons. The van der Waals surface area contributed by atoms with Crippen molar-refractivity contribution in [3.8, 4) is 5.75 Å². The van der Waals surface area contributed by atoms with Crippen LogP contribution in [-0.2, 0) is 5.41 Å². The molecule has 16 heavy (non-hydrogen) atoms. The number of benzene rings is 1. The minimum atomic E-state index is -0.526. The highest BCUT2D eigenvalue weighted by Crippen LogP contribution is 2.24. The maximum atomic E-state index is 10.7. The van der Waals surface area contributed by atoms with Crippen molar-refractivity contribution in [1.29, 1.82) is 0 Å².